The largest absolute Gasteiger partial charge is 0.507 e. The van der Waals surface area contributed by atoms with Crippen LogP contribution in [0.5, 0.6) is 0 Å². The van der Waals surface area contributed by atoms with Gasteiger partial charge in [-0.1, -0.05) is 86.1 Å². The van der Waals surface area contributed by atoms with Crippen molar-refractivity contribution in [2.45, 2.75) is 32.7 Å². The van der Waals surface area contributed by atoms with Crippen molar-refractivity contribution in [1.29, 1.82) is 0 Å². The minimum Gasteiger partial charge on any atom is -0.507 e. The van der Waals surface area contributed by atoms with Crippen LogP contribution < -0.4 is 4.90 Å². The number of ketones is 1. The van der Waals surface area contributed by atoms with E-state index in [1.54, 1.807) is 36.4 Å². The first-order chi connectivity index (χ1) is 15.3. The molecule has 32 heavy (non-hydrogen) atoms. The molecule has 1 aliphatic rings. The normalized spacial score (nSPS) is 17.9. The Morgan fingerprint density at radius 3 is 2.22 bits per heavy atom. The number of rotatable bonds is 4. The van der Waals surface area contributed by atoms with Gasteiger partial charge < -0.3 is 5.11 Å². The topological polar surface area (TPSA) is 57.6 Å². The number of aryl methyl sites for hydroxylation is 1. The van der Waals surface area contributed by atoms with E-state index in [1.165, 1.54) is 4.90 Å². The highest BCUT2D eigenvalue weighted by Crippen LogP contribution is 2.43. The summed E-state index contributed by atoms with van der Waals surface area (Å²) in [6.07, 6.45) is 0. The maximum Gasteiger partial charge on any atom is 0.300 e. The molecule has 1 fully saturated rings. The van der Waals surface area contributed by atoms with Crippen LogP contribution in [0.1, 0.15) is 48.1 Å². The van der Waals surface area contributed by atoms with Crippen molar-refractivity contribution >= 4 is 34.7 Å². The maximum absolute atomic E-state index is 13.2. The van der Waals surface area contributed by atoms with Crippen molar-refractivity contribution in [3.63, 3.8) is 0 Å². The Bertz CT molecular complexity index is 1210. The zero-order valence-corrected chi connectivity index (χ0v) is 18.9. The first kappa shape index (κ1) is 21.8. The third kappa shape index (κ3) is 3.82. The lowest BCUT2D eigenvalue weighted by Crippen LogP contribution is -2.29. The Morgan fingerprint density at radius 2 is 1.62 bits per heavy atom. The second-order valence-electron chi connectivity index (χ2n) is 8.29. The molecule has 1 saturated heterocycles. The minimum absolute atomic E-state index is 0.0650. The summed E-state index contributed by atoms with van der Waals surface area (Å²) >= 11 is 6.34. The molecule has 1 amide bonds. The standard InChI is InChI=1S/C27H24ClNO3/c1-16(2)18-10-12-19(13-11-18)24-23(25(30)20-7-5-4-6-8-20)26(31)27(32)29(24)21-14-9-17(3)22(28)15-21/h4-16,24,30H,1-3H3/b25-23+/t24-/m1/s1. The highest BCUT2D eigenvalue weighted by atomic mass is 35.5. The van der Waals surface area contributed by atoms with Crippen molar-refractivity contribution in [2.75, 3.05) is 4.90 Å². The van der Waals surface area contributed by atoms with Gasteiger partial charge >= 0.3 is 0 Å². The third-order valence-electron chi connectivity index (χ3n) is 5.84. The van der Waals surface area contributed by atoms with Crippen LogP contribution in [0.3, 0.4) is 0 Å². The summed E-state index contributed by atoms with van der Waals surface area (Å²) in [6.45, 7) is 6.08. The molecule has 0 radical (unpaired) electrons. The molecule has 162 valence electrons. The highest BCUT2D eigenvalue weighted by Gasteiger charge is 2.47. The first-order valence-electron chi connectivity index (χ1n) is 10.5. The number of aliphatic hydroxyl groups is 1. The molecule has 1 atom stereocenters. The first-order valence-corrected chi connectivity index (χ1v) is 10.9. The van der Waals surface area contributed by atoms with Crippen molar-refractivity contribution < 1.29 is 14.7 Å². The van der Waals surface area contributed by atoms with Crippen LogP contribution in [0.4, 0.5) is 5.69 Å². The lowest BCUT2D eigenvalue weighted by atomic mass is 9.93. The number of amides is 1. The summed E-state index contributed by atoms with van der Waals surface area (Å²) in [4.78, 5) is 27.8. The fourth-order valence-corrected chi connectivity index (χ4v) is 4.14. The van der Waals surface area contributed by atoms with Crippen molar-refractivity contribution in [3.05, 3.63) is 106 Å². The van der Waals surface area contributed by atoms with Crippen LogP contribution in [-0.4, -0.2) is 16.8 Å². The number of carbonyl (C=O) groups is 2. The van der Waals surface area contributed by atoms with E-state index >= 15 is 0 Å². The number of hydrogen-bond acceptors (Lipinski definition) is 3. The van der Waals surface area contributed by atoms with Gasteiger partial charge in [0.25, 0.3) is 11.7 Å². The monoisotopic (exact) mass is 445 g/mol. The molecule has 1 heterocycles. The molecule has 1 aliphatic heterocycles. The van der Waals surface area contributed by atoms with Crippen molar-refractivity contribution in [3.8, 4) is 0 Å². The van der Waals surface area contributed by atoms with Gasteiger partial charge in [-0.3, -0.25) is 14.5 Å². The van der Waals surface area contributed by atoms with E-state index in [9.17, 15) is 14.7 Å². The van der Waals surface area contributed by atoms with E-state index in [-0.39, 0.29) is 11.3 Å². The van der Waals surface area contributed by atoms with Gasteiger partial charge in [0, 0.05) is 16.3 Å². The number of carbonyl (C=O) groups excluding carboxylic acids is 2. The predicted molar refractivity (Wildman–Crippen MR) is 128 cm³/mol. The fraction of sp³-hybridized carbons (Fsp3) is 0.185. The summed E-state index contributed by atoms with van der Waals surface area (Å²) in [5, 5.41) is 11.6. The summed E-state index contributed by atoms with van der Waals surface area (Å²) < 4.78 is 0. The Hall–Kier alpha value is -3.37. The molecule has 3 aromatic rings. The Kier molecular flexibility index (Phi) is 5.90. The summed E-state index contributed by atoms with van der Waals surface area (Å²) in [7, 11) is 0. The van der Waals surface area contributed by atoms with Gasteiger partial charge in [-0.2, -0.15) is 0 Å². The summed E-state index contributed by atoms with van der Waals surface area (Å²) in [6, 6.07) is 21.1. The zero-order valence-electron chi connectivity index (χ0n) is 18.2. The maximum atomic E-state index is 13.2. The number of halogens is 1. The molecule has 1 N–H and O–H groups in total. The average Bonchev–Trinajstić information content (AvgIpc) is 3.06. The van der Waals surface area contributed by atoms with E-state index in [0.29, 0.717) is 22.2 Å². The minimum atomic E-state index is -0.768. The van der Waals surface area contributed by atoms with Gasteiger partial charge in [-0.15, -0.1) is 0 Å². The van der Waals surface area contributed by atoms with Crippen LogP contribution >= 0.6 is 11.6 Å². The summed E-state index contributed by atoms with van der Waals surface area (Å²) in [5.41, 5.74) is 3.81. The summed E-state index contributed by atoms with van der Waals surface area (Å²) in [5.74, 6) is -1.26. The molecule has 0 spiro atoms. The Morgan fingerprint density at radius 1 is 0.969 bits per heavy atom. The molecule has 0 saturated carbocycles. The number of anilines is 1. The lowest BCUT2D eigenvalue weighted by Gasteiger charge is -2.26. The molecular formula is C27H24ClNO3. The van der Waals surface area contributed by atoms with Gasteiger partial charge in [0.1, 0.15) is 5.76 Å². The highest BCUT2D eigenvalue weighted by molar-refractivity contribution is 6.51. The smallest absolute Gasteiger partial charge is 0.300 e. The molecule has 0 aliphatic carbocycles. The van der Waals surface area contributed by atoms with E-state index < -0.39 is 17.7 Å². The molecule has 5 heteroatoms. The number of benzene rings is 3. The number of hydrogen-bond donors (Lipinski definition) is 1. The molecule has 4 rings (SSSR count). The van der Waals surface area contributed by atoms with Crippen molar-refractivity contribution in [2.24, 2.45) is 0 Å². The van der Waals surface area contributed by atoms with E-state index in [1.807, 2.05) is 43.3 Å². The van der Waals surface area contributed by atoms with Crippen molar-refractivity contribution in [1.82, 2.24) is 0 Å². The van der Waals surface area contributed by atoms with Crippen LogP contribution in [0.2, 0.25) is 5.02 Å². The van der Waals surface area contributed by atoms with Crippen LogP contribution in [0.25, 0.3) is 5.76 Å². The predicted octanol–water partition coefficient (Wildman–Crippen LogP) is 6.40. The second-order valence-corrected chi connectivity index (χ2v) is 8.70. The lowest BCUT2D eigenvalue weighted by molar-refractivity contribution is -0.132. The van der Waals surface area contributed by atoms with Crippen LogP contribution in [0.15, 0.2) is 78.4 Å². The van der Waals surface area contributed by atoms with E-state index in [2.05, 4.69) is 13.8 Å². The second kappa shape index (κ2) is 8.64. The van der Waals surface area contributed by atoms with Crippen LogP contribution in [0, 0.1) is 6.92 Å². The van der Waals surface area contributed by atoms with Crippen LogP contribution in [-0.2, 0) is 9.59 Å². The van der Waals surface area contributed by atoms with Gasteiger partial charge in [0.15, 0.2) is 0 Å². The SMILES string of the molecule is Cc1ccc(N2C(=O)C(=O)/C(=C(/O)c3ccccc3)[C@H]2c2ccc(C(C)C)cc2)cc1Cl. The van der Waals surface area contributed by atoms with E-state index in [0.717, 1.165) is 16.7 Å². The fourth-order valence-electron chi connectivity index (χ4n) is 3.96. The van der Waals surface area contributed by atoms with E-state index in [4.69, 9.17) is 11.6 Å². The number of Topliss-reactive ketones (excluding diaryl/α,β-unsaturated/α-hetero) is 1. The molecule has 4 nitrogen and oxygen atoms in total. The van der Waals surface area contributed by atoms with Gasteiger partial charge in [0.05, 0.1) is 11.6 Å². The average molecular weight is 446 g/mol. The molecule has 0 aromatic heterocycles. The van der Waals surface area contributed by atoms with Gasteiger partial charge in [0.2, 0.25) is 0 Å². The van der Waals surface area contributed by atoms with Gasteiger partial charge in [-0.25, -0.2) is 0 Å². The third-order valence-corrected chi connectivity index (χ3v) is 6.25. The number of aliphatic hydroxyl groups excluding tert-OH is 1. The molecular weight excluding hydrogens is 422 g/mol. The zero-order chi connectivity index (χ0) is 23.0. The molecule has 3 aromatic carbocycles. The number of nitrogens with zero attached hydrogens (tertiary/aromatic N) is 1. The Labute approximate surface area is 192 Å². The Balaban J connectivity index is 1.93. The molecule has 0 bridgehead atoms. The molecule has 0 unspecified atom stereocenters. The quantitative estimate of drug-likeness (QED) is 0.287. The van der Waals surface area contributed by atoms with Gasteiger partial charge in [-0.05, 0) is 41.7 Å².